The van der Waals surface area contributed by atoms with Crippen LogP contribution in [0.1, 0.15) is 15.9 Å². The van der Waals surface area contributed by atoms with Gasteiger partial charge in [-0.2, -0.15) is 0 Å². The Morgan fingerprint density at radius 3 is 2.29 bits per heavy atom. The summed E-state index contributed by atoms with van der Waals surface area (Å²) in [5, 5.41) is 20.8. The molecule has 5 nitrogen and oxygen atoms in total. The van der Waals surface area contributed by atoms with E-state index < -0.39 is 11.8 Å². The first-order valence-corrected chi connectivity index (χ1v) is 6.16. The average molecular weight is 283 g/mol. The van der Waals surface area contributed by atoms with E-state index in [-0.39, 0.29) is 17.1 Å². The van der Waals surface area contributed by atoms with Crippen LogP contribution in [0, 0.1) is 0 Å². The fourth-order valence-electron chi connectivity index (χ4n) is 1.64. The van der Waals surface area contributed by atoms with Crippen LogP contribution in [0.5, 0.6) is 11.5 Å². The lowest BCUT2D eigenvalue weighted by Crippen LogP contribution is -2.28. The number of hydrogen-bond donors (Lipinski definition) is 3. The zero-order chi connectivity index (χ0) is 15.2. The molecule has 2 aromatic rings. The molecule has 0 heterocycles. The molecule has 2 amide bonds. The van der Waals surface area contributed by atoms with Crippen molar-refractivity contribution < 1.29 is 19.8 Å². The van der Waals surface area contributed by atoms with Crippen molar-refractivity contribution in [2.45, 2.75) is 0 Å². The molecule has 0 bridgehead atoms. The van der Waals surface area contributed by atoms with E-state index in [1.807, 2.05) is 0 Å². The van der Waals surface area contributed by atoms with Crippen molar-refractivity contribution >= 4 is 17.9 Å². The fraction of sp³-hybridized carbons (Fsp3) is 0. The number of carbonyl (C=O) groups is 2. The molecule has 2 aromatic carbocycles. The second kappa shape index (κ2) is 6.38. The van der Waals surface area contributed by atoms with Crippen LogP contribution in [0.25, 0.3) is 6.08 Å². The van der Waals surface area contributed by atoms with Crippen molar-refractivity contribution in [3.8, 4) is 11.5 Å². The van der Waals surface area contributed by atoms with Crippen molar-refractivity contribution in [3.63, 3.8) is 0 Å². The van der Waals surface area contributed by atoms with Gasteiger partial charge in [0, 0.05) is 6.08 Å². The highest BCUT2D eigenvalue weighted by Crippen LogP contribution is 2.15. The summed E-state index contributed by atoms with van der Waals surface area (Å²) in [5.74, 6) is -1.33. The van der Waals surface area contributed by atoms with Gasteiger partial charge in [0.1, 0.15) is 11.5 Å². The second-order valence-corrected chi connectivity index (χ2v) is 4.26. The molecular weight excluding hydrogens is 270 g/mol. The molecule has 0 atom stereocenters. The summed E-state index contributed by atoms with van der Waals surface area (Å²) in [6, 6.07) is 12.2. The minimum atomic E-state index is -0.673. The van der Waals surface area contributed by atoms with E-state index in [2.05, 4.69) is 5.32 Å². The van der Waals surface area contributed by atoms with Crippen LogP contribution < -0.4 is 5.32 Å². The Labute approximate surface area is 121 Å². The lowest BCUT2D eigenvalue weighted by molar-refractivity contribution is -0.115. The SMILES string of the molecule is O=C(C=Cc1ccc(O)cc1)NC(=O)c1ccccc1O. The van der Waals surface area contributed by atoms with Crippen molar-refractivity contribution in [1.29, 1.82) is 0 Å². The normalized spacial score (nSPS) is 10.5. The van der Waals surface area contributed by atoms with E-state index in [1.54, 1.807) is 24.3 Å². The first-order chi connectivity index (χ1) is 10.1. The number of phenolic OH excluding ortho intramolecular Hbond substituents is 2. The molecule has 0 aliphatic heterocycles. The molecule has 0 saturated carbocycles. The number of para-hydroxylation sites is 1. The summed E-state index contributed by atoms with van der Waals surface area (Å²) in [7, 11) is 0. The number of imide groups is 1. The van der Waals surface area contributed by atoms with E-state index in [9.17, 15) is 14.7 Å². The van der Waals surface area contributed by atoms with E-state index in [0.717, 1.165) is 0 Å². The van der Waals surface area contributed by atoms with Crippen LogP contribution in [0.4, 0.5) is 0 Å². The van der Waals surface area contributed by atoms with Crippen LogP contribution in [0.2, 0.25) is 0 Å². The number of benzene rings is 2. The van der Waals surface area contributed by atoms with Gasteiger partial charge in [-0.3, -0.25) is 14.9 Å². The van der Waals surface area contributed by atoms with Crippen molar-refractivity contribution in [1.82, 2.24) is 5.32 Å². The molecule has 0 aliphatic carbocycles. The average Bonchev–Trinajstić information content (AvgIpc) is 2.47. The van der Waals surface area contributed by atoms with Crippen molar-refractivity contribution in [2.75, 3.05) is 0 Å². The number of rotatable bonds is 3. The Kier molecular flexibility index (Phi) is 4.36. The Balaban J connectivity index is 2.00. The second-order valence-electron chi connectivity index (χ2n) is 4.26. The lowest BCUT2D eigenvalue weighted by atomic mass is 10.2. The third-order valence-electron chi connectivity index (χ3n) is 2.71. The maximum atomic E-state index is 11.8. The molecule has 0 aromatic heterocycles. The highest BCUT2D eigenvalue weighted by molar-refractivity contribution is 6.10. The van der Waals surface area contributed by atoms with Crippen LogP contribution in [0.15, 0.2) is 54.6 Å². The summed E-state index contributed by atoms with van der Waals surface area (Å²) in [6.45, 7) is 0. The van der Waals surface area contributed by atoms with Crippen LogP contribution >= 0.6 is 0 Å². The molecule has 0 radical (unpaired) electrons. The number of carbonyl (C=O) groups excluding carboxylic acids is 2. The van der Waals surface area contributed by atoms with Gasteiger partial charge in [-0.1, -0.05) is 24.3 Å². The molecule has 0 fully saturated rings. The molecule has 0 spiro atoms. The van der Waals surface area contributed by atoms with Gasteiger partial charge in [0.05, 0.1) is 5.56 Å². The molecule has 0 unspecified atom stereocenters. The van der Waals surface area contributed by atoms with Gasteiger partial charge in [0.15, 0.2) is 0 Å². The Hall–Kier alpha value is -3.08. The van der Waals surface area contributed by atoms with Crippen molar-refractivity contribution in [2.24, 2.45) is 0 Å². The Morgan fingerprint density at radius 1 is 0.952 bits per heavy atom. The molecule has 2 rings (SSSR count). The predicted octanol–water partition coefficient (Wildman–Crippen LogP) is 2.07. The summed E-state index contributed by atoms with van der Waals surface area (Å²) in [6.07, 6.45) is 2.71. The maximum absolute atomic E-state index is 11.8. The first-order valence-electron chi connectivity index (χ1n) is 6.16. The van der Waals surface area contributed by atoms with Crippen molar-refractivity contribution in [3.05, 3.63) is 65.7 Å². The summed E-state index contributed by atoms with van der Waals surface area (Å²) in [4.78, 5) is 23.4. The maximum Gasteiger partial charge on any atom is 0.261 e. The molecule has 0 saturated heterocycles. The third-order valence-corrected chi connectivity index (χ3v) is 2.71. The zero-order valence-corrected chi connectivity index (χ0v) is 11.0. The highest BCUT2D eigenvalue weighted by Gasteiger charge is 2.11. The predicted molar refractivity (Wildman–Crippen MR) is 77.7 cm³/mol. The van der Waals surface area contributed by atoms with E-state index in [1.165, 1.54) is 36.4 Å². The highest BCUT2D eigenvalue weighted by atomic mass is 16.3. The van der Waals surface area contributed by atoms with Gasteiger partial charge in [0.25, 0.3) is 11.8 Å². The first kappa shape index (κ1) is 14.3. The quantitative estimate of drug-likeness (QED) is 0.753. The van der Waals surface area contributed by atoms with Crippen LogP contribution in [0.3, 0.4) is 0 Å². The smallest absolute Gasteiger partial charge is 0.261 e. The number of amides is 2. The standard InChI is InChI=1S/C16H13NO4/c18-12-8-5-11(6-9-12)7-10-15(20)17-16(21)13-3-1-2-4-14(13)19/h1-10,18-19H,(H,17,20,21). The largest absolute Gasteiger partial charge is 0.508 e. The molecule has 21 heavy (non-hydrogen) atoms. The summed E-state index contributed by atoms with van der Waals surface area (Å²) in [5.41, 5.74) is 0.738. The van der Waals surface area contributed by atoms with Crippen LogP contribution in [-0.4, -0.2) is 22.0 Å². The monoisotopic (exact) mass is 283 g/mol. The van der Waals surface area contributed by atoms with E-state index in [0.29, 0.717) is 5.56 Å². The van der Waals surface area contributed by atoms with Crippen LogP contribution in [-0.2, 0) is 4.79 Å². The summed E-state index contributed by atoms with van der Waals surface area (Å²) >= 11 is 0. The Morgan fingerprint density at radius 2 is 1.62 bits per heavy atom. The molecule has 106 valence electrons. The zero-order valence-electron chi connectivity index (χ0n) is 11.0. The van der Waals surface area contributed by atoms with Gasteiger partial charge in [-0.05, 0) is 35.9 Å². The molecule has 0 aliphatic rings. The molecule has 5 heteroatoms. The molecule has 3 N–H and O–H groups in total. The van der Waals surface area contributed by atoms with Gasteiger partial charge in [0.2, 0.25) is 0 Å². The minimum absolute atomic E-state index is 0.0314. The molecular formula is C16H13NO4. The van der Waals surface area contributed by atoms with Gasteiger partial charge in [-0.25, -0.2) is 0 Å². The number of aromatic hydroxyl groups is 2. The van der Waals surface area contributed by atoms with Gasteiger partial charge in [-0.15, -0.1) is 0 Å². The fourth-order valence-corrected chi connectivity index (χ4v) is 1.64. The number of phenols is 2. The van der Waals surface area contributed by atoms with Gasteiger partial charge < -0.3 is 10.2 Å². The number of nitrogens with one attached hydrogen (secondary N) is 1. The summed E-state index contributed by atoms with van der Waals surface area (Å²) < 4.78 is 0. The third kappa shape index (κ3) is 3.94. The van der Waals surface area contributed by atoms with E-state index in [4.69, 9.17) is 5.11 Å². The minimum Gasteiger partial charge on any atom is -0.508 e. The Bertz CT molecular complexity index is 690. The number of hydrogen-bond acceptors (Lipinski definition) is 4. The van der Waals surface area contributed by atoms with E-state index >= 15 is 0 Å². The lowest BCUT2D eigenvalue weighted by Gasteiger charge is -2.03. The van der Waals surface area contributed by atoms with Gasteiger partial charge >= 0.3 is 0 Å². The topological polar surface area (TPSA) is 86.6 Å².